The molecule has 0 saturated heterocycles. The lowest BCUT2D eigenvalue weighted by atomic mass is 10.2. The molecule has 8 bridgehead atoms. The number of ether oxygens (including phenoxy) is 1. The Bertz CT molecular complexity index is 1300. The Morgan fingerprint density at radius 2 is 0.886 bits per heavy atom. The second-order valence-corrected chi connectivity index (χ2v) is 9.36. The number of anilines is 8. The quantitative estimate of drug-likeness (QED) is 0.260. The third kappa shape index (κ3) is 4.20. The van der Waals surface area contributed by atoms with Gasteiger partial charge in [0, 0.05) is 40.3 Å². The number of fused-ring (bicyclic) bond motifs is 8. The van der Waals surface area contributed by atoms with Gasteiger partial charge < -0.3 is 24.3 Å². The van der Waals surface area contributed by atoms with E-state index in [-0.39, 0.29) is 0 Å². The van der Waals surface area contributed by atoms with Crippen LogP contribution in [-0.2, 0) is 0 Å². The van der Waals surface area contributed by atoms with Crippen molar-refractivity contribution in [3.63, 3.8) is 0 Å². The van der Waals surface area contributed by atoms with Gasteiger partial charge in [0.15, 0.2) is 0 Å². The molecule has 0 aliphatic carbocycles. The van der Waals surface area contributed by atoms with Crippen LogP contribution in [0.3, 0.4) is 0 Å². The van der Waals surface area contributed by atoms with E-state index in [0.29, 0.717) is 0 Å². The van der Waals surface area contributed by atoms with Crippen molar-refractivity contribution < 1.29 is 4.74 Å². The third-order valence-corrected chi connectivity index (χ3v) is 7.29. The van der Waals surface area contributed by atoms with E-state index in [2.05, 4.69) is 32.4 Å². The number of nitrogens with zero attached hydrogens (tertiary/aromatic N) is 7. The van der Waals surface area contributed by atoms with Crippen molar-refractivity contribution in [1.29, 1.82) is 0 Å². The summed E-state index contributed by atoms with van der Waals surface area (Å²) in [6, 6.07) is 22.0. The Kier molecular flexibility index (Phi) is 6.10. The number of rotatable bonds is 1. The highest BCUT2D eigenvalue weighted by atomic mass is 127. The Balaban J connectivity index is 1.77. The predicted octanol–water partition coefficient (Wildman–Crippen LogP) is 5.87. The molecular weight excluding hydrogens is 553 g/mol. The number of hydrogen-bond donors (Lipinski definition) is 0. The number of benzene rings is 1. The maximum atomic E-state index is 5.68. The third-order valence-electron chi connectivity index (χ3n) is 6.19. The second-order valence-electron chi connectivity index (χ2n) is 8.28. The lowest BCUT2D eigenvalue weighted by Gasteiger charge is -2.28. The van der Waals surface area contributed by atoms with E-state index in [9.17, 15) is 0 Å². The van der Waals surface area contributed by atoms with Gasteiger partial charge in [0.25, 0.3) is 0 Å². The van der Waals surface area contributed by atoms with Gasteiger partial charge in [0.2, 0.25) is 0 Å². The highest BCUT2D eigenvalue weighted by Crippen LogP contribution is 2.40. The van der Waals surface area contributed by atoms with Crippen LogP contribution in [0.4, 0.5) is 46.3 Å². The predicted molar refractivity (Wildman–Crippen MR) is 151 cm³/mol. The molecule has 1 aliphatic rings. The van der Waals surface area contributed by atoms with E-state index in [4.69, 9.17) is 19.7 Å². The van der Waals surface area contributed by atoms with Crippen LogP contribution in [-0.4, -0.2) is 50.3 Å². The molecule has 0 amide bonds. The number of pyridine rings is 3. The van der Waals surface area contributed by atoms with Crippen LogP contribution in [0, 0.1) is 3.57 Å². The Labute approximate surface area is 218 Å². The fourth-order valence-corrected chi connectivity index (χ4v) is 5.05. The van der Waals surface area contributed by atoms with Gasteiger partial charge in [0.1, 0.15) is 40.7 Å². The van der Waals surface area contributed by atoms with Crippen LogP contribution in [0.5, 0.6) is 5.75 Å². The highest BCUT2D eigenvalue weighted by molar-refractivity contribution is 14.1. The maximum absolute atomic E-state index is 5.68. The van der Waals surface area contributed by atoms with Gasteiger partial charge in [-0.2, -0.15) is 0 Å². The first-order chi connectivity index (χ1) is 16.9. The van der Waals surface area contributed by atoms with Crippen molar-refractivity contribution >= 4 is 68.9 Å². The van der Waals surface area contributed by atoms with Gasteiger partial charge in [-0.15, -0.1) is 0 Å². The molecule has 0 spiro atoms. The molecule has 0 N–H and O–H groups in total. The first-order valence-electron chi connectivity index (χ1n) is 11.1. The lowest BCUT2D eigenvalue weighted by Crippen LogP contribution is -2.21. The Morgan fingerprint density at radius 3 is 1.20 bits per heavy atom. The minimum absolute atomic E-state index is 0.760. The van der Waals surface area contributed by atoms with Crippen LogP contribution >= 0.6 is 22.6 Å². The van der Waals surface area contributed by atoms with Gasteiger partial charge in [0.05, 0.1) is 22.1 Å². The van der Waals surface area contributed by atoms with Crippen LogP contribution in [0.1, 0.15) is 0 Å². The first-order valence-corrected chi connectivity index (χ1v) is 12.2. The zero-order chi connectivity index (χ0) is 24.7. The summed E-state index contributed by atoms with van der Waals surface area (Å²) in [5, 5.41) is 0. The molecule has 1 aliphatic heterocycles. The average Bonchev–Trinajstić information content (AvgIpc) is 2.91. The Morgan fingerprint density at radius 1 is 0.571 bits per heavy atom. The molecule has 4 heterocycles. The summed E-state index contributed by atoms with van der Waals surface area (Å²) < 4.78 is 6.74. The van der Waals surface area contributed by atoms with Gasteiger partial charge in [-0.05, 0) is 59.0 Å². The van der Waals surface area contributed by atoms with E-state index >= 15 is 0 Å². The SMILES string of the molecule is COc1cc2c(I)c(c1)N(C)c1cccc(n1)N(C)c1cccc(n1)N(C)c1cccc(n1)N2C. The summed E-state index contributed by atoms with van der Waals surface area (Å²) in [7, 11) is 9.67. The van der Waals surface area contributed by atoms with Crippen molar-refractivity contribution in [1.82, 2.24) is 15.0 Å². The monoisotopic (exact) mass is 579 g/mol. The maximum Gasteiger partial charge on any atom is 0.136 e. The molecule has 0 fully saturated rings. The van der Waals surface area contributed by atoms with E-state index in [0.717, 1.165) is 55.6 Å². The summed E-state index contributed by atoms with van der Waals surface area (Å²) in [6.45, 7) is 0. The van der Waals surface area contributed by atoms with Crippen LogP contribution < -0.4 is 24.3 Å². The number of aromatic nitrogens is 3. The molecule has 9 heteroatoms. The first kappa shape index (κ1) is 23.2. The Hall–Kier alpha value is -3.60. The summed E-state index contributed by atoms with van der Waals surface area (Å²) in [5.41, 5.74) is 1.97. The summed E-state index contributed by atoms with van der Waals surface area (Å²) >= 11 is 2.39. The molecule has 178 valence electrons. The smallest absolute Gasteiger partial charge is 0.136 e. The standard InChI is InChI=1S/C26H26IN7O/c1-31-18-15-17(35-5)16-19(26(18)27)32(2)21-10-7-12-23(29-21)34(4)25-14-8-13-24(30-25)33(3)22-11-6-9-20(31)28-22/h6-16H,1-5H3. The summed E-state index contributed by atoms with van der Waals surface area (Å²) in [5.74, 6) is 5.56. The zero-order valence-electron chi connectivity index (χ0n) is 20.3. The average molecular weight is 579 g/mol. The van der Waals surface area contributed by atoms with Crippen molar-refractivity contribution in [2.75, 3.05) is 54.9 Å². The zero-order valence-corrected chi connectivity index (χ0v) is 22.4. The molecule has 1 aromatic carbocycles. The number of halogens is 1. The van der Waals surface area contributed by atoms with Gasteiger partial charge in [-0.25, -0.2) is 15.0 Å². The van der Waals surface area contributed by atoms with Gasteiger partial charge in [-0.1, -0.05) is 18.2 Å². The van der Waals surface area contributed by atoms with Crippen molar-refractivity contribution in [2.24, 2.45) is 0 Å². The van der Waals surface area contributed by atoms with Crippen LogP contribution in [0.2, 0.25) is 0 Å². The molecule has 4 aromatic rings. The van der Waals surface area contributed by atoms with Crippen LogP contribution in [0.25, 0.3) is 0 Å². The lowest BCUT2D eigenvalue weighted by molar-refractivity contribution is 0.415. The van der Waals surface area contributed by atoms with E-state index in [1.165, 1.54) is 0 Å². The minimum Gasteiger partial charge on any atom is -0.497 e. The molecule has 0 atom stereocenters. The van der Waals surface area contributed by atoms with Crippen LogP contribution in [0.15, 0.2) is 66.7 Å². The summed E-state index contributed by atoms with van der Waals surface area (Å²) in [6.07, 6.45) is 0. The normalized spacial score (nSPS) is 13.2. The fraction of sp³-hybridized carbons (Fsp3) is 0.192. The minimum atomic E-state index is 0.760. The molecular formula is C26H26IN7O. The van der Waals surface area contributed by atoms with Crippen molar-refractivity contribution in [3.8, 4) is 5.75 Å². The largest absolute Gasteiger partial charge is 0.497 e. The molecule has 0 saturated carbocycles. The number of methoxy groups -OCH3 is 1. The van der Waals surface area contributed by atoms with E-state index in [1.807, 2.05) is 105 Å². The molecule has 35 heavy (non-hydrogen) atoms. The molecule has 8 nitrogen and oxygen atoms in total. The highest BCUT2D eigenvalue weighted by Gasteiger charge is 2.21. The molecule has 0 radical (unpaired) electrons. The molecule has 3 aromatic heterocycles. The topological polar surface area (TPSA) is 60.9 Å². The number of hydrogen-bond acceptors (Lipinski definition) is 8. The summed E-state index contributed by atoms with van der Waals surface area (Å²) in [4.78, 5) is 22.9. The molecule has 0 unspecified atom stereocenters. The second kappa shape index (κ2) is 9.21. The fourth-order valence-electron chi connectivity index (χ4n) is 4.01. The van der Waals surface area contributed by atoms with Gasteiger partial charge >= 0.3 is 0 Å². The van der Waals surface area contributed by atoms with Crippen molar-refractivity contribution in [2.45, 2.75) is 0 Å². The van der Waals surface area contributed by atoms with Crippen molar-refractivity contribution in [3.05, 3.63) is 70.3 Å². The van der Waals surface area contributed by atoms with E-state index in [1.54, 1.807) is 7.11 Å². The van der Waals surface area contributed by atoms with E-state index < -0.39 is 0 Å². The molecule has 5 rings (SSSR count). The van der Waals surface area contributed by atoms with Gasteiger partial charge in [-0.3, -0.25) is 0 Å².